The zero-order valence-electron chi connectivity index (χ0n) is 8.60. The smallest absolute Gasteiger partial charge is 0.185 e. The molecule has 0 saturated heterocycles. The molecule has 0 radical (unpaired) electrons. The number of hydrogen-bond acceptors (Lipinski definition) is 3. The highest BCUT2D eigenvalue weighted by Gasteiger charge is 2.40. The highest BCUT2D eigenvalue weighted by Crippen LogP contribution is 2.40. The number of Topliss-reactive ketones (excluding diaryl/α,β-unsaturated/α-hetero) is 1. The molecule has 1 fully saturated rings. The Morgan fingerprint density at radius 1 is 1.71 bits per heavy atom. The molecule has 0 spiro atoms. The van der Waals surface area contributed by atoms with Gasteiger partial charge < -0.3 is 0 Å². The van der Waals surface area contributed by atoms with E-state index in [9.17, 15) is 4.79 Å². The van der Waals surface area contributed by atoms with Gasteiger partial charge in [-0.25, -0.2) is 4.68 Å². The number of hydrogen-bond donors (Lipinski definition) is 0. The Hall–Kier alpha value is -1.19. The van der Waals surface area contributed by atoms with Crippen molar-refractivity contribution >= 4 is 5.78 Å². The molecule has 2 rings (SSSR count). The number of rotatable bonds is 4. The zero-order valence-corrected chi connectivity index (χ0v) is 8.60. The molecule has 0 aromatic carbocycles. The van der Waals surface area contributed by atoms with Gasteiger partial charge in [0.05, 0.1) is 6.20 Å². The zero-order chi connectivity index (χ0) is 10.1. The minimum atomic E-state index is 0.218. The van der Waals surface area contributed by atoms with Crippen molar-refractivity contribution in [3.05, 3.63) is 11.9 Å². The van der Waals surface area contributed by atoms with Crippen molar-refractivity contribution < 1.29 is 4.79 Å². The van der Waals surface area contributed by atoms with Crippen LogP contribution in [0, 0.1) is 11.8 Å². The molecule has 4 heteroatoms. The summed E-state index contributed by atoms with van der Waals surface area (Å²) in [5.41, 5.74) is 0.682. The van der Waals surface area contributed by atoms with Crippen LogP contribution in [0.4, 0.5) is 0 Å². The molecule has 1 aliphatic rings. The van der Waals surface area contributed by atoms with Gasteiger partial charge >= 0.3 is 0 Å². The largest absolute Gasteiger partial charge is 0.292 e. The summed E-state index contributed by atoms with van der Waals surface area (Å²) in [5, 5.41) is 7.70. The Labute approximate surface area is 83.3 Å². The fraction of sp³-hybridized carbons (Fsp3) is 0.700. The van der Waals surface area contributed by atoms with Crippen molar-refractivity contribution in [3.8, 4) is 0 Å². The SMILES string of the molecule is CCCn1nncc1C(=O)C1CC1C. The van der Waals surface area contributed by atoms with Gasteiger partial charge in [0.2, 0.25) is 0 Å². The van der Waals surface area contributed by atoms with Gasteiger partial charge in [0.1, 0.15) is 5.69 Å². The second-order valence-corrected chi connectivity index (χ2v) is 4.03. The van der Waals surface area contributed by atoms with E-state index in [0.717, 1.165) is 19.4 Å². The minimum absolute atomic E-state index is 0.218. The topological polar surface area (TPSA) is 47.8 Å². The lowest BCUT2D eigenvalue weighted by Crippen LogP contribution is -2.12. The van der Waals surface area contributed by atoms with Crippen LogP contribution in [0.2, 0.25) is 0 Å². The first-order valence-corrected chi connectivity index (χ1v) is 5.16. The highest BCUT2D eigenvalue weighted by atomic mass is 16.1. The summed E-state index contributed by atoms with van der Waals surface area (Å²) in [4.78, 5) is 11.9. The molecule has 0 aliphatic heterocycles. The minimum Gasteiger partial charge on any atom is -0.292 e. The Kier molecular flexibility index (Phi) is 2.35. The molecule has 2 atom stereocenters. The van der Waals surface area contributed by atoms with Crippen LogP contribution >= 0.6 is 0 Å². The van der Waals surface area contributed by atoms with E-state index in [2.05, 4.69) is 24.2 Å². The van der Waals surface area contributed by atoms with Gasteiger partial charge in [-0.1, -0.05) is 19.1 Å². The molecule has 0 bridgehead atoms. The van der Waals surface area contributed by atoms with Crippen molar-refractivity contribution in [2.24, 2.45) is 11.8 Å². The fourth-order valence-corrected chi connectivity index (χ4v) is 1.70. The molecule has 1 heterocycles. The number of carbonyl (C=O) groups excluding carboxylic acids is 1. The van der Waals surface area contributed by atoms with Crippen LogP contribution < -0.4 is 0 Å². The van der Waals surface area contributed by atoms with E-state index in [1.54, 1.807) is 10.9 Å². The van der Waals surface area contributed by atoms with Crippen molar-refractivity contribution in [2.75, 3.05) is 0 Å². The molecule has 1 aromatic rings. The standard InChI is InChI=1S/C10H15N3O/c1-3-4-13-9(6-11-12-13)10(14)8-5-7(8)2/h6-8H,3-5H2,1-2H3. The lowest BCUT2D eigenvalue weighted by Gasteiger charge is -2.02. The fourth-order valence-electron chi connectivity index (χ4n) is 1.70. The molecule has 0 amide bonds. The molecule has 14 heavy (non-hydrogen) atoms. The van der Waals surface area contributed by atoms with Crippen LogP contribution in [-0.4, -0.2) is 20.8 Å². The lowest BCUT2D eigenvalue weighted by molar-refractivity contribution is 0.0951. The van der Waals surface area contributed by atoms with Gasteiger partial charge in [-0.2, -0.15) is 0 Å². The van der Waals surface area contributed by atoms with Gasteiger partial charge in [0.25, 0.3) is 0 Å². The average molecular weight is 193 g/mol. The molecule has 0 N–H and O–H groups in total. The number of aryl methyl sites for hydroxylation is 1. The molecule has 1 aliphatic carbocycles. The first kappa shape index (κ1) is 9.37. The summed E-state index contributed by atoms with van der Waals surface area (Å²) >= 11 is 0. The maximum atomic E-state index is 11.9. The van der Waals surface area contributed by atoms with Gasteiger partial charge in [-0.3, -0.25) is 4.79 Å². The summed E-state index contributed by atoms with van der Waals surface area (Å²) < 4.78 is 1.72. The first-order valence-electron chi connectivity index (χ1n) is 5.16. The third-order valence-corrected chi connectivity index (χ3v) is 2.75. The molecule has 2 unspecified atom stereocenters. The predicted octanol–water partition coefficient (Wildman–Crippen LogP) is 1.53. The van der Waals surface area contributed by atoms with Crippen LogP contribution in [0.15, 0.2) is 6.20 Å². The van der Waals surface area contributed by atoms with Crippen LogP contribution in [0.25, 0.3) is 0 Å². The van der Waals surface area contributed by atoms with E-state index < -0.39 is 0 Å². The van der Waals surface area contributed by atoms with Crippen molar-refractivity contribution in [1.82, 2.24) is 15.0 Å². The van der Waals surface area contributed by atoms with Crippen LogP contribution in [0.1, 0.15) is 37.2 Å². The van der Waals surface area contributed by atoms with E-state index in [0.29, 0.717) is 11.6 Å². The number of aromatic nitrogens is 3. The number of ketones is 1. The summed E-state index contributed by atoms with van der Waals surface area (Å²) in [5.74, 6) is 0.993. The van der Waals surface area contributed by atoms with Gasteiger partial charge in [-0.15, -0.1) is 5.10 Å². The average Bonchev–Trinajstić information content (AvgIpc) is 2.72. The monoisotopic (exact) mass is 193 g/mol. The molecular formula is C10H15N3O. The van der Waals surface area contributed by atoms with Crippen molar-refractivity contribution in [3.63, 3.8) is 0 Å². The predicted molar refractivity (Wildman–Crippen MR) is 51.9 cm³/mol. The Balaban J connectivity index is 2.14. The van der Waals surface area contributed by atoms with E-state index in [-0.39, 0.29) is 11.7 Å². The van der Waals surface area contributed by atoms with Gasteiger partial charge in [-0.05, 0) is 18.8 Å². The summed E-state index contributed by atoms with van der Waals surface area (Å²) in [7, 11) is 0. The summed E-state index contributed by atoms with van der Waals surface area (Å²) in [6.07, 6.45) is 3.59. The quantitative estimate of drug-likeness (QED) is 0.681. The maximum absolute atomic E-state index is 11.9. The van der Waals surface area contributed by atoms with Crippen LogP contribution in [0.3, 0.4) is 0 Å². The van der Waals surface area contributed by atoms with E-state index in [4.69, 9.17) is 0 Å². The normalized spacial score (nSPS) is 25.0. The second kappa shape index (κ2) is 3.52. The highest BCUT2D eigenvalue weighted by molar-refractivity contribution is 5.97. The third kappa shape index (κ3) is 1.56. The Morgan fingerprint density at radius 3 is 3.00 bits per heavy atom. The van der Waals surface area contributed by atoms with Crippen molar-refractivity contribution in [2.45, 2.75) is 33.2 Å². The molecule has 76 valence electrons. The van der Waals surface area contributed by atoms with E-state index in [1.165, 1.54) is 0 Å². The molecule has 1 saturated carbocycles. The lowest BCUT2D eigenvalue weighted by atomic mass is 10.2. The molecular weight excluding hydrogens is 178 g/mol. The number of carbonyl (C=O) groups is 1. The van der Waals surface area contributed by atoms with E-state index in [1.807, 2.05) is 0 Å². The maximum Gasteiger partial charge on any atom is 0.185 e. The van der Waals surface area contributed by atoms with Crippen LogP contribution in [0.5, 0.6) is 0 Å². The van der Waals surface area contributed by atoms with Gasteiger partial charge in [0.15, 0.2) is 5.78 Å². The van der Waals surface area contributed by atoms with E-state index >= 15 is 0 Å². The third-order valence-electron chi connectivity index (χ3n) is 2.75. The number of nitrogens with zero attached hydrogens (tertiary/aromatic N) is 3. The van der Waals surface area contributed by atoms with Gasteiger partial charge in [0, 0.05) is 12.5 Å². The Bertz CT molecular complexity index is 345. The molecule has 4 nitrogen and oxygen atoms in total. The van der Waals surface area contributed by atoms with Crippen LogP contribution in [-0.2, 0) is 6.54 Å². The summed E-state index contributed by atoms with van der Waals surface area (Å²) in [6, 6.07) is 0. The second-order valence-electron chi connectivity index (χ2n) is 4.03. The molecule has 1 aromatic heterocycles. The first-order chi connectivity index (χ1) is 6.74. The Morgan fingerprint density at radius 2 is 2.43 bits per heavy atom. The summed E-state index contributed by atoms with van der Waals surface area (Å²) in [6.45, 7) is 4.95. The van der Waals surface area contributed by atoms with Crippen molar-refractivity contribution in [1.29, 1.82) is 0 Å².